The van der Waals surface area contributed by atoms with Gasteiger partial charge in [0.15, 0.2) is 6.61 Å². The van der Waals surface area contributed by atoms with Gasteiger partial charge in [-0.05, 0) is 55.0 Å². The topological polar surface area (TPSA) is 73.2 Å². The summed E-state index contributed by atoms with van der Waals surface area (Å²) in [6.07, 6.45) is 4.85. The van der Waals surface area contributed by atoms with E-state index in [1.165, 1.54) is 11.1 Å². The number of rotatable bonds is 4. The summed E-state index contributed by atoms with van der Waals surface area (Å²) >= 11 is 0. The van der Waals surface area contributed by atoms with Crippen LogP contribution in [0.15, 0.2) is 47.3 Å². The van der Waals surface area contributed by atoms with Crippen LogP contribution in [0.1, 0.15) is 42.3 Å². The van der Waals surface area contributed by atoms with Gasteiger partial charge in [-0.25, -0.2) is 4.98 Å². The molecule has 0 spiro atoms. The smallest absolute Gasteiger partial charge is 0.261 e. The molecule has 6 heteroatoms. The Balaban J connectivity index is 1.29. The van der Waals surface area contributed by atoms with Crippen LogP contribution in [-0.2, 0) is 24.2 Å². The number of aromatic nitrogens is 2. The highest BCUT2D eigenvalue weighted by atomic mass is 16.5. The Kier molecular flexibility index (Phi) is 4.54. The largest absolute Gasteiger partial charge is 0.484 e. The molecule has 0 saturated carbocycles. The Bertz CT molecular complexity index is 1150. The molecule has 2 aromatic carbocycles. The number of nitrogens with zero attached hydrogens (tertiary/aromatic N) is 2. The molecule has 5 rings (SSSR count). The highest BCUT2D eigenvalue weighted by Gasteiger charge is 2.21. The van der Waals surface area contributed by atoms with Crippen LogP contribution in [0.2, 0.25) is 0 Å². The van der Waals surface area contributed by atoms with Gasteiger partial charge in [0, 0.05) is 13.0 Å². The summed E-state index contributed by atoms with van der Waals surface area (Å²) in [5.41, 5.74) is 3.15. The molecule has 1 amide bonds. The SMILES string of the molecule is O=C(COc1ccc2nc3n(c(=O)c2c1)CCC3)N[C@H]1CCCc2ccccc21. The van der Waals surface area contributed by atoms with E-state index >= 15 is 0 Å². The lowest BCUT2D eigenvalue weighted by Crippen LogP contribution is -2.34. The molecule has 6 nitrogen and oxygen atoms in total. The van der Waals surface area contributed by atoms with Crippen molar-refractivity contribution in [3.05, 3.63) is 69.8 Å². The number of hydrogen-bond acceptors (Lipinski definition) is 4. The summed E-state index contributed by atoms with van der Waals surface area (Å²) in [6.45, 7) is 0.636. The average molecular weight is 389 g/mol. The molecular formula is C23H23N3O3. The molecular weight excluding hydrogens is 366 g/mol. The Morgan fingerprint density at radius 1 is 1.17 bits per heavy atom. The van der Waals surface area contributed by atoms with Gasteiger partial charge in [0.25, 0.3) is 11.5 Å². The molecule has 0 saturated heterocycles. The molecule has 1 aromatic heterocycles. The molecule has 0 bridgehead atoms. The summed E-state index contributed by atoms with van der Waals surface area (Å²) in [4.78, 5) is 29.7. The van der Waals surface area contributed by atoms with Crippen molar-refractivity contribution in [2.24, 2.45) is 0 Å². The van der Waals surface area contributed by atoms with E-state index in [9.17, 15) is 9.59 Å². The molecule has 0 unspecified atom stereocenters. The normalized spacial score (nSPS) is 17.6. The summed E-state index contributed by atoms with van der Waals surface area (Å²) in [7, 11) is 0. The lowest BCUT2D eigenvalue weighted by Gasteiger charge is -2.26. The maximum Gasteiger partial charge on any atom is 0.261 e. The van der Waals surface area contributed by atoms with Gasteiger partial charge in [-0.15, -0.1) is 0 Å². The third kappa shape index (κ3) is 3.39. The van der Waals surface area contributed by atoms with Crippen LogP contribution in [0.4, 0.5) is 0 Å². The van der Waals surface area contributed by atoms with Gasteiger partial charge in [-0.2, -0.15) is 0 Å². The van der Waals surface area contributed by atoms with Crippen LogP contribution >= 0.6 is 0 Å². The van der Waals surface area contributed by atoms with E-state index in [1.807, 2.05) is 12.1 Å². The predicted molar refractivity (Wildman–Crippen MR) is 110 cm³/mol. The molecule has 1 atom stereocenters. The van der Waals surface area contributed by atoms with Crippen molar-refractivity contribution < 1.29 is 9.53 Å². The minimum atomic E-state index is -0.157. The monoisotopic (exact) mass is 389 g/mol. The van der Waals surface area contributed by atoms with Gasteiger partial charge >= 0.3 is 0 Å². The number of fused-ring (bicyclic) bond motifs is 3. The fourth-order valence-electron chi connectivity index (χ4n) is 4.44. The van der Waals surface area contributed by atoms with Crippen LogP contribution in [0.3, 0.4) is 0 Å². The van der Waals surface area contributed by atoms with Crippen LogP contribution < -0.4 is 15.6 Å². The van der Waals surface area contributed by atoms with Crippen molar-refractivity contribution in [3.63, 3.8) is 0 Å². The number of carbonyl (C=O) groups excluding carboxylic acids is 1. The number of ether oxygens (including phenoxy) is 1. The van der Waals surface area contributed by atoms with Crippen LogP contribution in [0.25, 0.3) is 10.9 Å². The van der Waals surface area contributed by atoms with E-state index in [1.54, 1.807) is 22.8 Å². The molecule has 2 aliphatic rings. The zero-order chi connectivity index (χ0) is 19.8. The summed E-state index contributed by atoms with van der Waals surface area (Å²) in [5, 5.41) is 3.62. The zero-order valence-corrected chi connectivity index (χ0v) is 16.2. The quantitative estimate of drug-likeness (QED) is 0.745. The Hall–Kier alpha value is -3.15. The first kappa shape index (κ1) is 17.9. The van der Waals surface area contributed by atoms with E-state index in [2.05, 4.69) is 22.4 Å². The summed E-state index contributed by atoms with van der Waals surface area (Å²) in [6, 6.07) is 13.6. The van der Waals surface area contributed by atoms with Gasteiger partial charge in [0.05, 0.1) is 16.9 Å². The summed E-state index contributed by atoms with van der Waals surface area (Å²) in [5.74, 6) is 1.20. The van der Waals surface area contributed by atoms with Crippen molar-refractivity contribution >= 4 is 16.8 Å². The van der Waals surface area contributed by atoms with Crippen molar-refractivity contribution in [1.82, 2.24) is 14.9 Å². The predicted octanol–water partition coefficient (Wildman–Crippen LogP) is 2.92. The number of aryl methyl sites for hydroxylation is 2. The minimum absolute atomic E-state index is 0.0313. The van der Waals surface area contributed by atoms with Gasteiger partial charge in [0.1, 0.15) is 11.6 Å². The highest BCUT2D eigenvalue weighted by Crippen LogP contribution is 2.29. The fraction of sp³-hybridized carbons (Fsp3) is 0.348. The lowest BCUT2D eigenvalue weighted by molar-refractivity contribution is -0.123. The molecule has 0 radical (unpaired) electrons. The minimum Gasteiger partial charge on any atom is -0.484 e. The third-order valence-electron chi connectivity index (χ3n) is 5.86. The third-order valence-corrected chi connectivity index (χ3v) is 5.86. The van der Waals surface area contributed by atoms with Gasteiger partial charge in [0.2, 0.25) is 0 Å². The van der Waals surface area contributed by atoms with E-state index in [0.717, 1.165) is 37.9 Å². The van der Waals surface area contributed by atoms with Crippen LogP contribution in [0.5, 0.6) is 5.75 Å². The standard InChI is InChI=1S/C23H23N3O3/c27-22(25-19-8-3-6-15-5-1-2-7-17(15)19)14-29-16-10-11-20-18(13-16)23(28)26-12-4-9-21(26)24-20/h1-2,5,7,10-11,13,19H,3-4,6,8-9,12,14H2,(H,25,27)/t19-/m0/s1. The fourth-order valence-corrected chi connectivity index (χ4v) is 4.44. The molecule has 0 fully saturated rings. The van der Waals surface area contributed by atoms with E-state index < -0.39 is 0 Å². The van der Waals surface area contributed by atoms with Crippen molar-refractivity contribution in [2.45, 2.75) is 44.7 Å². The summed E-state index contributed by atoms with van der Waals surface area (Å²) < 4.78 is 7.43. The molecule has 1 N–H and O–H groups in total. The second kappa shape index (κ2) is 7.35. The maximum atomic E-state index is 12.7. The Labute approximate surface area is 168 Å². The molecule has 29 heavy (non-hydrogen) atoms. The first-order chi connectivity index (χ1) is 14.2. The van der Waals surface area contributed by atoms with Gasteiger partial charge in [-0.1, -0.05) is 24.3 Å². The van der Waals surface area contributed by atoms with Gasteiger partial charge < -0.3 is 10.1 Å². The number of amides is 1. The van der Waals surface area contributed by atoms with Crippen LogP contribution in [0, 0.1) is 0 Å². The molecule has 148 valence electrons. The van der Waals surface area contributed by atoms with E-state index in [-0.39, 0.29) is 24.1 Å². The van der Waals surface area contributed by atoms with E-state index in [0.29, 0.717) is 23.2 Å². The van der Waals surface area contributed by atoms with E-state index in [4.69, 9.17) is 4.74 Å². The number of benzene rings is 2. The highest BCUT2D eigenvalue weighted by molar-refractivity contribution is 5.80. The Morgan fingerprint density at radius 2 is 2.07 bits per heavy atom. The molecule has 1 aliphatic carbocycles. The van der Waals surface area contributed by atoms with Crippen molar-refractivity contribution in [2.75, 3.05) is 6.61 Å². The van der Waals surface area contributed by atoms with Crippen molar-refractivity contribution in [3.8, 4) is 5.75 Å². The average Bonchev–Trinajstić information content (AvgIpc) is 3.22. The lowest BCUT2D eigenvalue weighted by atomic mass is 9.88. The molecule has 1 aliphatic heterocycles. The molecule has 2 heterocycles. The number of hydrogen-bond donors (Lipinski definition) is 1. The maximum absolute atomic E-state index is 12.7. The second-order valence-electron chi connectivity index (χ2n) is 7.77. The second-order valence-corrected chi connectivity index (χ2v) is 7.77. The Morgan fingerprint density at radius 3 is 3.00 bits per heavy atom. The van der Waals surface area contributed by atoms with Gasteiger partial charge in [-0.3, -0.25) is 14.2 Å². The zero-order valence-electron chi connectivity index (χ0n) is 16.2. The van der Waals surface area contributed by atoms with Crippen LogP contribution in [-0.4, -0.2) is 22.1 Å². The molecule has 3 aromatic rings. The first-order valence-electron chi connectivity index (χ1n) is 10.2. The van der Waals surface area contributed by atoms with Crippen molar-refractivity contribution in [1.29, 1.82) is 0 Å². The first-order valence-corrected chi connectivity index (χ1v) is 10.2. The number of carbonyl (C=O) groups is 1. The number of nitrogens with one attached hydrogen (secondary N) is 1.